The van der Waals surface area contributed by atoms with Crippen LogP contribution in [0, 0.1) is 13.8 Å². The van der Waals surface area contributed by atoms with Crippen molar-refractivity contribution < 1.29 is 9.59 Å². The van der Waals surface area contributed by atoms with Gasteiger partial charge in [0, 0.05) is 24.3 Å². The molecule has 1 aliphatic heterocycles. The van der Waals surface area contributed by atoms with Gasteiger partial charge in [-0.1, -0.05) is 24.3 Å². The van der Waals surface area contributed by atoms with Crippen LogP contribution in [0.15, 0.2) is 47.8 Å². The molecule has 3 aromatic rings. The highest BCUT2D eigenvalue weighted by Crippen LogP contribution is 2.23. The third kappa shape index (κ3) is 3.82. The molecule has 0 radical (unpaired) electrons. The first-order chi connectivity index (χ1) is 14.1. The average Bonchev–Trinajstić information content (AvgIpc) is 3.48. The van der Waals surface area contributed by atoms with Crippen molar-refractivity contribution >= 4 is 23.2 Å². The van der Waals surface area contributed by atoms with Gasteiger partial charge in [-0.25, -0.2) is 4.68 Å². The molecule has 1 aromatic carbocycles. The molecule has 3 heterocycles. The first kappa shape index (κ1) is 19.4. The summed E-state index contributed by atoms with van der Waals surface area (Å²) in [5.74, 6) is -0.152. The zero-order chi connectivity index (χ0) is 20.4. The lowest BCUT2D eigenvalue weighted by Crippen LogP contribution is -2.45. The number of likely N-dealkylation sites (tertiary alicyclic amines) is 1. The third-order valence-electron chi connectivity index (χ3n) is 5.43. The van der Waals surface area contributed by atoms with E-state index in [9.17, 15) is 9.59 Å². The van der Waals surface area contributed by atoms with Crippen LogP contribution in [0.1, 0.15) is 39.5 Å². The minimum atomic E-state index is -0.408. The van der Waals surface area contributed by atoms with Gasteiger partial charge >= 0.3 is 0 Å². The predicted molar refractivity (Wildman–Crippen MR) is 113 cm³/mol. The molecule has 1 fully saturated rings. The average molecular weight is 409 g/mol. The molecule has 7 heteroatoms. The van der Waals surface area contributed by atoms with E-state index < -0.39 is 6.04 Å². The fraction of sp³-hybridized carbons (Fsp3) is 0.318. The Morgan fingerprint density at radius 3 is 2.69 bits per heavy atom. The number of rotatable bonds is 5. The number of carbonyl (C=O) groups is 2. The molecule has 1 saturated heterocycles. The Balaban J connectivity index is 1.46. The molecule has 4 rings (SSSR count). The van der Waals surface area contributed by atoms with Crippen molar-refractivity contribution in [2.45, 2.75) is 39.3 Å². The Bertz CT molecular complexity index is 1010. The fourth-order valence-electron chi connectivity index (χ4n) is 3.87. The zero-order valence-corrected chi connectivity index (χ0v) is 17.4. The Labute approximate surface area is 174 Å². The van der Waals surface area contributed by atoms with E-state index in [0.29, 0.717) is 24.4 Å². The van der Waals surface area contributed by atoms with Gasteiger partial charge in [0.2, 0.25) is 5.91 Å². The number of aromatic nitrogens is 2. The van der Waals surface area contributed by atoms with Crippen LogP contribution in [0.4, 0.5) is 0 Å². The van der Waals surface area contributed by atoms with E-state index in [1.807, 2.05) is 66.4 Å². The number of hydrogen-bond donors (Lipinski definition) is 1. The second-order valence-electron chi connectivity index (χ2n) is 7.25. The van der Waals surface area contributed by atoms with Crippen molar-refractivity contribution in [3.05, 3.63) is 69.7 Å². The number of hydrogen-bond acceptors (Lipinski definition) is 4. The van der Waals surface area contributed by atoms with Gasteiger partial charge in [0.05, 0.1) is 16.3 Å². The summed E-state index contributed by atoms with van der Waals surface area (Å²) >= 11 is 1.41. The molecule has 1 aliphatic rings. The maximum absolute atomic E-state index is 12.9. The summed E-state index contributed by atoms with van der Waals surface area (Å²) in [6.07, 6.45) is 1.55. The molecule has 0 aliphatic carbocycles. The number of amides is 2. The number of nitrogens with one attached hydrogen (secondary N) is 1. The van der Waals surface area contributed by atoms with Gasteiger partial charge in [-0.3, -0.25) is 9.59 Å². The number of aryl methyl sites for hydroxylation is 1. The minimum Gasteiger partial charge on any atom is -0.350 e. The van der Waals surface area contributed by atoms with Gasteiger partial charge in [-0.15, -0.1) is 11.3 Å². The number of nitrogens with zero attached hydrogens (tertiary/aromatic N) is 3. The Morgan fingerprint density at radius 2 is 1.97 bits per heavy atom. The van der Waals surface area contributed by atoms with Crippen LogP contribution in [-0.2, 0) is 11.3 Å². The predicted octanol–water partition coefficient (Wildman–Crippen LogP) is 3.47. The van der Waals surface area contributed by atoms with Gasteiger partial charge in [0.15, 0.2) is 0 Å². The van der Waals surface area contributed by atoms with Crippen LogP contribution in [-0.4, -0.2) is 39.1 Å². The standard InChI is InChI=1S/C22H24N4O2S/c1-15-18(16(2)26(24-15)17-8-4-3-5-9-17)14-23-21(27)19-10-6-12-25(19)22(28)20-11-7-13-29-20/h3-5,7-9,11,13,19H,6,10,12,14H2,1-2H3,(H,23,27)/t19-/m0/s1. The third-order valence-corrected chi connectivity index (χ3v) is 6.29. The van der Waals surface area contributed by atoms with E-state index in [2.05, 4.69) is 10.4 Å². The lowest BCUT2D eigenvalue weighted by Gasteiger charge is -2.23. The molecule has 1 N–H and O–H groups in total. The molecule has 0 spiro atoms. The number of thiophene rings is 1. The van der Waals surface area contributed by atoms with E-state index in [1.54, 1.807) is 4.90 Å². The van der Waals surface area contributed by atoms with Gasteiger partial charge in [0.25, 0.3) is 5.91 Å². The van der Waals surface area contributed by atoms with Crippen molar-refractivity contribution in [3.8, 4) is 5.69 Å². The molecule has 29 heavy (non-hydrogen) atoms. The number of para-hydroxylation sites is 1. The number of carbonyl (C=O) groups excluding carboxylic acids is 2. The van der Waals surface area contributed by atoms with Gasteiger partial charge in [-0.2, -0.15) is 5.10 Å². The van der Waals surface area contributed by atoms with E-state index >= 15 is 0 Å². The molecular formula is C22H24N4O2S. The Hall–Kier alpha value is -2.93. The zero-order valence-electron chi connectivity index (χ0n) is 16.6. The van der Waals surface area contributed by atoms with Crippen LogP contribution in [0.5, 0.6) is 0 Å². The van der Waals surface area contributed by atoms with Crippen molar-refractivity contribution in [3.63, 3.8) is 0 Å². The molecule has 2 amide bonds. The molecule has 2 aromatic heterocycles. The minimum absolute atomic E-state index is 0.0538. The van der Waals surface area contributed by atoms with Crippen molar-refractivity contribution in [1.29, 1.82) is 0 Å². The lowest BCUT2D eigenvalue weighted by atomic mass is 10.1. The van der Waals surface area contributed by atoms with Crippen molar-refractivity contribution in [2.75, 3.05) is 6.54 Å². The van der Waals surface area contributed by atoms with E-state index in [1.165, 1.54) is 11.3 Å². The summed E-state index contributed by atoms with van der Waals surface area (Å²) in [6, 6.07) is 13.2. The molecule has 0 bridgehead atoms. The Kier molecular flexibility index (Phi) is 5.49. The van der Waals surface area contributed by atoms with Gasteiger partial charge < -0.3 is 10.2 Å². The molecule has 1 atom stereocenters. The topological polar surface area (TPSA) is 67.2 Å². The van der Waals surface area contributed by atoms with Crippen LogP contribution >= 0.6 is 11.3 Å². The number of benzene rings is 1. The van der Waals surface area contributed by atoms with E-state index in [4.69, 9.17) is 0 Å². The highest BCUT2D eigenvalue weighted by atomic mass is 32.1. The summed E-state index contributed by atoms with van der Waals surface area (Å²) in [5.41, 5.74) is 3.90. The van der Waals surface area contributed by atoms with Crippen molar-refractivity contribution in [1.82, 2.24) is 20.0 Å². The van der Waals surface area contributed by atoms with Crippen LogP contribution in [0.2, 0.25) is 0 Å². The summed E-state index contributed by atoms with van der Waals surface area (Å²) in [5, 5.41) is 9.55. The first-order valence-electron chi connectivity index (χ1n) is 9.79. The largest absolute Gasteiger partial charge is 0.350 e. The summed E-state index contributed by atoms with van der Waals surface area (Å²) in [7, 11) is 0. The van der Waals surface area contributed by atoms with Crippen LogP contribution in [0.25, 0.3) is 5.69 Å². The summed E-state index contributed by atoms with van der Waals surface area (Å²) < 4.78 is 1.90. The molecular weight excluding hydrogens is 384 g/mol. The molecule has 150 valence electrons. The van der Waals surface area contributed by atoms with E-state index in [-0.39, 0.29) is 11.8 Å². The lowest BCUT2D eigenvalue weighted by molar-refractivity contribution is -0.125. The second-order valence-corrected chi connectivity index (χ2v) is 8.20. The van der Waals surface area contributed by atoms with Crippen LogP contribution < -0.4 is 5.32 Å². The highest BCUT2D eigenvalue weighted by molar-refractivity contribution is 7.12. The normalized spacial score (nSPS) is 16.2. The summed E-state index contributed by atoms with van der Waals surface area (Å²) in [4.78, 5) is 28.0. The highest BCUT2D eigenvalue weighted by Gasteiger charge is 2.34. The fourth-order valence-corrected chi connectivity index (χ4v) is 4.55. The molecule has 0 unspecified atom stereocenters. The maximum Gasteiger partial charge on any atom is 0.264 e. The Morgan fingerprint density at radius 1 is 1.17 bits per heavy atom. The molecule has 6 nitrogen and oxygen atoms in total. The second kappa shape index (κ2) is 8.21. The van der Waals surface area contributed by atoms with E-state index in [0.717, 1.165) is 29.1 Å². The maximum atomic E-state index is 12.9. The monoisotopic (exact) mass is 408 g/mol. The van der Waals surface area contributed by atoms with Crippen LogP contribution in [0.3, 0.4) is 0 Å². The summed E-state index contributed by atoms with van der Waals surface area (Å²) in [6.45, 7) is 4.99. The first-order valence-corrected chi connectivity index (χ1v) is 10.7. The molecule has 0 saturated carbocycles. The van der Waals surface area contributed by atoms with Crippen molar-refractivity contribution in [2.24, 2.45) is 0 Å². The smallest absolute Gasteiger partial charge is 0.264 e. The SMILES string of the molecule is Cc1nn(-c2ccccc2)c(C)c1CNC(=O)[C@@H]1CCCN1C(=O)c1cccs1. The van der Waals surface area contributed by atoms with Gasteiger partial charge in [0.1, 0.15) is 6.04 Å². The quantitative estimate of drug-likeness (QED) is 0.703. The van der Waals surface area contributed by atoms with Gasteiger partial charge in [-0.05, 0) is 50.3 Å².